The molecule has 0 aromatic carbocycles. The number of pyridine rings is 1. The molecule has 1 aliphatic rings. The molecule has 0 saturated carbocycles. The van der Waals surface area contributed by atoms with Gasteiger partial charge < -0.3 is 14.0 Å². The van der Waals surface area contributed by atoms with Crippen LogP contribution in [0.5, 0.6) is 0 Å². The maximum absolute atomic E-state index is 13.1. The molecule has 1 amide bonds. The lowest BCUT2D eigenvalue weighted by Crippen LogP contribution is -2.32. The van der Waals surface area contributed by atoms with Crippen molar-refractivity contribution < 1.29 is 9.32 Å². The molecule has 26 heavy (non-hydrogen) atoms. The highest BCUT2D eigenvalue weighted by atomic mass is 16.5. The van der Waals surface area contributed by atoms with Crippen molar-refractivity contribution in [1.82, 2.24) is 24.6 Å². The van der Waals surface area contributed by atoms with Gasteiger partial charge in [-0.1, -0.05) is 5.16 Å². The molecule has 0 bridgehead atoms. The molecule has 1 saturated heterocycles. The summed E-state index contributed by atoms with van der Waals surface area (Å²) in [5.74, 6) is 1.02. The van der Waals surface area contributed by atoms with Gasteiger partial charge in [0.25, 0.3) is 5.91 Å². The zero-order chi connectivity index (χ0) is 18.1. The maximum atomic E-state index is 13.1. The van der Waals surface area contributed by atoms with Gasteiger partial charge in [-0.05, 0) is 51.0 Å². The lowest BCUT2D eigenvalue weighted by molar-refractivity contribution is 0.0697. The molecule has 1 aliphatic heterocycles. The first kappa shape index (κ1) is 16.5. The fourth-order valence-electron chi connectivity index (χ4n) is 3.43. The Bertz CT molecular complexity index is 900. The van der Waals surface area contributed by atoms with Gasteiger partial charge in [-0.25, -0.2) is 0 Å². The molecule has 4 heterocycles. The molecule has 1 atom stereocenters. The third kappa shape index (κ3) is 2.89. The van der Waals surface area contributed by atoms with Crippen LogP contribution in [0.2, 0.25) is 0 Å². The summed E-state index contributed by atoms with van der Waals surface area (Å²) in [6.07, 6.45) is 7.07. The van der Waals surface area contributed by atoms with Crippen molar-refractivity contribution in [1.29, 1.82) is 0 Å². The van der Waals surface area contributed by atoms with Crippen molar-refractivity contribution in [2.45, 2.75) is 38.8 Å². The third-order valence-corrected chi connectivity index (χ3v) is 4.73. The first-order valence-corrected chi connectivity index (χ1v) is 8.87. The Hall–Kier alpha value is -2.96. The zero-order valence-corrected chi connectivity index (χ0v) is 14.9. The summed E-state index contributed by atoms with van der Waals surface area (Å²) in [4.78, 5) is 23.5. The number of carbonyl (C=O) groups excluding carboxylic acids is 1. The predicted molar refractivity (Wildman–Crippen MR) is 95.4 cm³/mol. The van der Waals surface area contributed by atoms with Crippen molar-refractivity contribution in [3.05, 3.63) is 54.4 Å². The average Bonchev–Trinajstić information content (AvgIpc) is 3.41. The van der Waals surface area contributed by atoms with Crippen LogP contribution in [0, 0.1) is 0 Å². The second-order valence-electron chi connectivity index (χ2n) is 6.74. The van der Waals surface area contributed by atoms with Gasteiger partial charge in [0.1, 0.15) is 11.7 Å². The van der Waals surface area contributed by atoms with E-state index in [1.54, 1.807) is 12.4 Å². The summed E-state index contributed by atoms with van der Waals surface area (Å²) in [5, 5.41) is 4.08. The molecule has 7 heteroatoms. The van der Waals surface area contributed by atoms with Crippen molar-refractivity contribution in [2.75, 3.05) is 6.54 Å². The van der Waals surface area contributed by atoms with E-state index in [0.29, 0.717) is 24.0 Å². The molecule has 134 valence electrons. The number of likely N-dealkylation sites (tertiary alicyclic amines) is 1. The van der Waals surface area contributed by atoms with Gasteiger partial charge in [-0.3, -0.25) is 9.78 Å². The normalized spacial score (nSPS) is 17.2. The largest absolute Gasteiger partial charge is 0.341 e. The van der Waals surface area contributed by atoms with Crippen LogP contribution in [-0.4, -0.2) is 37.0 Å². The fraction of sp³-hybridized carbons (Fsp3) is 0.368. The van der Waals surface area contributed by atoms with E-state index < -0.39 is 0 Å². The van der Waals surface area contributed by atoms with Crippen LogP contribution >= 0.6 is 0 Å². The van der Waals surface area contributed by atoms with Crippen molar-refractivity contribution in [3.8, 4) is 11.4 Å². The summed E-state index contributed by atoms with van der Waals surface area (Å²) < 4.78 is 7.49. The topological polar surface area (TPSA) is 77.1 Å². The highest BCUT2D eigenvalue weighted by Crippen LogP contribution is 2.33. The molecular formula is C19H21N5O2. The summed E-state index contributed by atoms with van der Waals surface area (Å²) in [6, 6.07) is 7.50. The molecule has 7 nitrogen and oxygen atoms in total. The van der Waals surface area contributed by atoms with Gasteiger partial charge in [-0.15, -0.1) is 0 Å². The second kappa shape index (κ2) is 6.74. The Labute approximate surface area is 151 Å². The van der Waals surface area contributed by atoms with E-state index in [2.05, 4.69) is 29.0 Å². The molecule has 3 aromatic heterocycles. The molecular weight excluding hydrogens is 330 g/mol. The standard InChI is InChI=1S/C19H21N5O2/c1-13(2)23-11-4-6-16(23)19(25)24-12-3-5-15(24)18-21-17(22-26-18)14-7-9-20-10-8-14/h4,6-11,13,15H,3,5,12H2,1-2H3. The number of hydrogen-bond acceptors (Lipinski definition) is 5. The highest BCUT2D eigenvalue weighted by molar-refractivity contribution is 5.93. The summed E-state index contributed by atoms with van der Waals surface area (Å²) in [7, 11) is 0. The summed E-state index contributed by atoms with van der Waals surface area (Å²) >= 11 is 0. The fourth-order valence-corrected chi connectivity index (χ4v) is 3.43. The Morgan fingerprint density at radius 1 is 1.27 bits per heavy atom. The Morgan fingerprint density at radius 2 is 2.08 bits per heavy atom. The SMILES string of the molecule is CC(C)n1cccc1C(=O)N1CCCC1c1nc(-c2ccncc2)no1. The van der Waals surface area contributed by atoms with Crippen LogP contribution in [0.1, 0.15) is 55.2 Å². The van der Waals surface area contributed by atoms with E-state index >= 15 is 0 Å². The number of carbonyl (C=O) groups is 1. The quantitative estimate of drug-likeness (QED) is 0.719. The van der Waals surface area contributed by atoms with Crippen molar-refractivity contribution in [3.63, 3.8) is 0 Å². The average molecular weight is 351 g/mol. The zero-order valence-electron chi connectivity index (χ0n) is 14.9. The number of amides is 1. The molecule has 0 spiro atoms. The van der Waals surface area contributed by atoms with Crippen LogP contribution in [0.25, 0.3) is 11.4 Å². The van der Waals surface area contributed by atoms with Crippen LogP contribution < -0.4 is 0 Å². The van der Waals surface area contributed by atoms with Gasteiger partial charge >= 0.3 is 0 Å². The first-order chi connectivity index (χ1) is 12.6. The predicted octanol–water partition coefficient (Wildman–Crippen LogP) is 3.49. The van der Waals surface area contributed by atoms with E-state index in [4.69, 9.17) is 4.52 Å². The maximum Gasteiger partial charge on any atom is 0.271 e. The van der Waals surface area contributed by atoms with E-state index in [-0.39, 0.29) is 18.0 Å². The Kier molecular flexibility index (Phi) is 4.28. The van der Waals surface area contributed by atoms with E-state index in [9.17, 15) is 4.79 Å². The van der Waals surface area contributed by atoms with Crippen LogP contribution in [0.4, 0.5) is 0 Å². The second-order valence-corrected chi connectivity index (χ2v) is 6.74. The van der Waals surface area contributed by atoms with Crippen LogP contribution in [-0.2, 0) is 0 Å². The molecule has 0 N–H and O–H groups in total. The molecule has 0 aliphatic carbocycles. The van der Waals surface area contributed by atoms with Gasteiger partial charge in [0.2, 0.25) is 11.7 Å². The number of aromatic nitrogens is 4. The Morgan fingerprint density at radius 3 is 2.85 bits per heavy atom. The van der Waals surface area contributed by atoms with Crippen molar-refractivity contribution in [2.24, 2.45) is 0 Å². The summed E-state index contributed by atoms with van der Waals surface area (Å²) in [5.41, 5.74) is 1.54. The lowest BCUT2D eigenvalue weighted by atomic mass is 10.2. The van der Waals surface area contributed by atoms with Crippen molar-refractivity contribution >= 4 is 5.91 Å². The van der Waals surface area contributed by atoms with Crippen LogP contribution in [0.3, 0.4) is 0 Å². The Balaban J connectivity index is 1.60. The minimum atomic E-state index is -0.180. The number of nitrogens with zero attached hydrogens (tertiary/aromatic N) is 5. The lowest BCUT2D eigenvalue weighted by Gasteiger charge is -2.23. The van der Waals surface area contributed by atoms with E-state index in [1.165, 1.54) is 0 Å². The van der Waals surface area contributed by atoms with Crippen LogP contribution in [0.15, 0.2) is 47.4 Å². The van der Waals surface area contributed by atoms with Gasteiger partial charge in [0.15, 0.2) is 0 Å². The molecule has 1 fully saturated rings. The van der Waals surface area contributed by atoms with E-state index in [1.807, 2.05) is 39.9 Å². The van der Waals surface area contributed by atoms with Gasteiger partial charge in [0, 0.05) is 36.7 Å². The minimum absolute atomic E-state index is 0.00913. The molecule has 0 radical (unpaired) electrons. The number of hydrogen-bond donors (Lipinski definition) is 0. The molecule has 3 aromatic rings. The smallest absolute Gasteiger partial charge is 0.271 e. The monoisotopic (exact) mass is 351 g/mol. The minimum Gasteiger partial charge on any atom is -0.341 e. The number of rotatable bonds is 4. The van der Waals surface area contributed by atoms with Gasteiger partial charge in [0.05, 0.1) is 0 Å². The first-order valence-electron chi connectivity index (χ1n) is 8.87. The third-order valence-electron chi connectivity index (χ3n) is 4.73. The van der Waals surface area contributed by atoms with Gasteiger partial charge in [-0.2, -0.15) is 4.98 Å². The summed E-state index contributed by atoms with van der Waals surface area (Å²) in [6.45, 7) is 4.83. The molecule has 4 rings (SSSR count). The van der Waals surface area contributed by atoms with E-state index in [0.717, 1.165) is 18.4 Å². The molecule has 1 unspecified atom stereocenters. The highest BCUT2D eigenvalue weighted by Gasteiger charge is 2.35.